The van der Waals surface area contributed by atoms with E-state index in [1.54, 1.807) is 0 Å². The molecule has 0 amide bonds. The molecule has 19 heavy (non-hydrogen) atoms. The molecule has 0 aliphatic carbocycles. The first-order valence-electron chi connectivity index (χ1n) is 5.72. The number of halogens is 2. The maximum absolute atomic E-state index is 13.0. The van der Waals surface area contributed by atoms with Gasteiger partial charge in [-0.05, 0) is 6.07 Å². The first kappa shape index (κ1) is 15.1. The molecule has 0 aliphatic heterocycles. The predicted molar refractivity (Wildman–Crippen MR) is 65.0 cm³/mol. The first-order chi connectivity index (χ1) is 8.89. The van der Waals surface area contributed by atoms with Gasteiger partial charge >= 0.3 is 0 Å². The zero-order valence-electron chi connectivity index (χ0n) is 10.7. The van der Waals surface area contributed by atoms with Crippen LogP contribution in [0.2, 0.25) is 0 Å². The Morgan fingerprint density at radius 3 is 2.58 bits per heavy atom. The highest BCUT2D eigenvalue weighted by Gasteiger charge is 2.26. The van der Waals surface area contributed by atoms with Gasteiger partial charge in [-0.3, -0.25) is 10.1 Å². The summed E-state index contributed by atoms with van der Waals surface area (Å²) in [6.07, 6.45) is -0.724. The van der Waals surface area contributed by atoms with Crippen molar-refractivity contribution in [1.29, 1.82) is 0 Å². The average molecular weight is 275 g/mol. The molecule has 0 atom stereocenters. The Kier molecular flexibility index (Phi) is 5.02. The number of methoxy groups -OCH3 is 1. The fourth-order valence-corrected chi connectivity index (χ4v) is 1.38. The zero-order chi connectivity index (χ0) is 14.5. The molecule has 0 spiro atoms. The van der Waals surface area contributed by atoms with Gasteiger partial charge in [-0.15, -0.1) is 0 Å². The summed E-state index contributed by atoms with van der Waals surface area (Å²) in [6.45, 7) is 1.15. The van der Waals surface area contributed by atoms with Crippen molar-refractivity contribution >= 4 is 5.69 Å². The average Bonchev–Trinajstić information content (AvgIpc) is 2.38. The van der Waals surface area contributed by atoms with Crippen molar-refractivity contribution in [3.8, 4) is 11.5 Å². The Morgan fingerprint density at radius 2 is 2.05 bits per heavy atom. The van der Waals surface area contributed by atoms with E-state index in [-0.39, 0.29) is 30.2 Å². The number of ether oxygens (including phenoxy) is 2. The summed E-state index contributed by atoms with van der Waals surface area (Å²) in [6, 6.07) is 3.78. The van der Waals surface area contributed by atoms with Gasteiger partial charge in [-0.1, -0.05) is 6.92 Å². The zero-order valence-corrected chi connectivity index (χ0v) is 10.7. The molecule has 1 aromatic carbocycles. The number of alkyl halides is 2. The number of nitro groups is 1. The molecule has 0 saturated carbocycles. The summed E-state index contributed by atoms with van der Waals surface area (Å²) in [5.41, 5.74) is -0.182. The van der Waals surface area contributed by atoms with Crippen LogP contribution < -0.4 is 9.47 Å². The monoisotopic (exact) mass is 275 g/mol. The minimum atomic E-state index is -2.80. The van der Waals surface area contributed by atoms with Gasteiger partial charge in [0.15, 0.2) is 11.5 Å². The molecule has 0 aliphatic rings. The molecule has 5 nitrogen and oxygen atoms in total. The van der Waals surface area contributed by atoms with Crippen molar-refractivity contribution in [2.24, 2.45) is 0 Å². The first-order valence-corrected chi connectivity index (χ1v) is 5.72. The minimum Gasteiger partial charge on any atom is -0.493 e. The van der Waals surface area contributed by atoms with Gasteiger partial charge in [0.25, 0.3) is 11.6 Å². The summed E-state index contributed by atoms with van der Waals surface area (Å²) in [7, 11) is 1.37. The second-order valence-electron chi connectivity index (χ2n) is 3.90. The van der Waals surface area contributed by atoms with Gasteiger partial charge in [0.05, 0.1) is 24.7 Å². The lowest BCUT2D eigenvalue weighted by atomic mass is 10.2. The lowest BCUT2D eigenvalue weighted by Crippen LogP contribution is -2.18. The molecule has 0 bridgehead atoms. The summed E-state index contributed by atoms with van der Waals surface area (Å²) >= 11 is 0. The minimum absolute atomic E-state index is 0.0867. The molecule has 0 saturated heterocycles. The molecule has 0 radical (unpaired) electrons. The third-order valence-corrected chi connectivity index (χ3v) is 2.60. The van der Waals surface area contributed by atoms with E-state index in [2.05, 4.69) is 0 Å². The van der Waals surface area contributed by atoms with Crippen molar-refractivity contribution < 1.29 is 23.2 Å². The van der Waals surface area contributed by atoms with E-state index in [0.29, 0.717) is 0 Å². The fourth-order valence-electron chi connectivity index (χ4n) is 1.38. The van der Waals surface area contributed by atoms with Crippen LogP contribution in [0.1, 0.15) is 19.8 Å². The highest BCUT2D eigenvalue weighted by atomic mass is 19.3. The molecule has 106 valence electrons. The third-order valence-electron chi connectivity index (χ3n) is 2.60. The van der Waals surface area contributed by atoms with Gasteiger partial charge in [-0.2, -0.15) is 0 Å². The third kappa shape index (κ3) is 4.35. The van der Waals surface area contributed by atoms with Gasteiger partial charge in [-0.25, -0.2) is 8.78 Å². The normalized spacial score (nSPS) is 11.2. The Morgan fingerprint density at radius 1 is 1.37 bits per heavy atom. The van der Waals surface area contributed by atoms with E-state index in [4.69, 9.17) is 9.47 Å². The van der Waals surface area contributed by atoms with E-state index in [0.717, 1.165) is 6.07 Å². The lowest BCUT2D eigenvalue weighted by Gasteiger charge is -2.15. The van der Waals surface area contributed by atoms with Gasteiger partial charge in [0, 0.05) is 18.9 Å². The fraction of sp³-hybridized carbons (Fsp3) is 0.500. The maximum atomic E-state index is 13.0. The second-order valence-corrected chi connectivity index (χ2v) is 3.90. The van der Waals surface area contributed by atoms with Crippen LogP contribution in [0, 0.1) is 10.1 Å². The number of non-ortho nitro benzene ring substituents is 1. The maximum Gasteiger partial charge on any atom is 0.273 e. The van der Waals surface area contributed by atoms with Gasteiger partial charge in [0.2, 0.25) is 0 Å². The molecule has 1 rings (SSSR count). The predicted octanol–water partition coefficient (Wildman–Crippen LogP) is 3.42. The van der Waals surface area contributed by atoms with E-state index in [1.165, 1.54) is 26.2 Å². The Balaban J connectivity index is 2.75. The SMILES string of the molecule is CCC(F)(F)CCOc1cc([N+](=O)[O-])ccc1OC. The highest BCUT2D eigenvalue weighted by molar-refractivity contribution is 5.48. The number of rotatable bonds is 7. The van der Waals surface area contributed by atoms with Crippen LogP contribution in [-0.4, -0.2) is 24.6 Å². The van der Waals surface area contributed by atoms with Crippen molar-refractivity contribution in [3.05, 3.63) is 28.3 Å². The number of nitro benzene ring substituents is 1. The van der Waals surface area contributed by atoms with E-state index < -0.39 is 17.3 Å². The molecular weight excluding hydrogens is 260 g/mol. The summed E-state index contributed by atoms with van der Waals surface area (Å²) < 4.78 is 36.2. The smallest absolute Gasteiger partial charge is 0.273 e. The van der Waals surface area contributed by atoms with Crippen molar-refractivity contribution in [2.75, 3.05) is 13.7 Å². The Bertz CT molecular complexity index is 451. The molecule has 7 heteroatoms. The van der Waals surface area contributed by atoms with Crippen LogP contribution in [0.4, 0.5) is 14.5 Å². The topological polar surface area (TPSA) is 61.6 Å². The molecule has 0 heterocycles. The quantitative estimate of drug-likeness (QED) is 0.565. The Labute approximate surface area is 109 Å². The number of hydrogen-bond acceptors (Lipinski definition) is 4. The standard InChI is InChI=1S/C12H15F2NO4/c1-3-12(13,14)6-7-19-11-8-9(15(16)17)4-5-10(11)18-2/h4-5,8H,3,6-7H2,1-2H3. The summed E-state index contributed by atoms with van der Waals surface area (Å²) in [5.74, 6) is -2.44. The van der Waals surface area contributed by atoms with Crippen molar-refractivity contribution in [1.82, 2.24) is 0 Å². The van der Waals surface area contributed by atoms with Gasteiger partial charge in [0.1, 0.15) is 0 Å². The highest BCUT2D eigenvalue weighted by Crippen LogP contribution is 2.32. The van der Waals surface area contributed by atoms with Gasteiger partial charge < -0.3 is 9.47 Å². The lowest BCUT2D eigenvalue weighted by molar-refractivity contribution is -0.385. The van der Waals surface area contributed by atoms with Crippen molar-refractivity contribution in [3.63, 3.8) is 0 Å². The number of hydrogen-bond donors (Lipinski definition) is 0. The molecule has 0 N–H and O–H groups in total. The van der Waals surface area contributed by atoms with E-state index in [9.17, 15) is 18.9 Å². The largest absolute Gasteiger partial charge is 0.493 e. The van der Waals surface area contributed by atoms with Crippen molar-refractivity contribution in [2.45, 2.75) is 25.7 Å². The summed E-state index contributed by atoms with van der Waals surface area (Å²) in [4.78, 5) is 10.0. The molecule has 1 aromatic rings. The van der Waals surface area contributed by atoms with Crippen LogP contribution >= 0.6 is 0 Å². The molecule has 0 fully saturated rings. The van der Waals surface area contributed by atoms with Crippen LogP contribution in [0.25, 0.3) is 0 Å². The van der Waals surface area contributed by atoms with Crippen LogP contribution in [0.3, 0.4) is 0 Å². The number of nitrogens with zero attached hydrogens (tertiary/aromatic N) is 1. The molecular formula is C12H15F2NO4. The second kappa shape index (κ2) is 6.31. The van der Waals surface area contributed by atoms with Crippen LogP contribution in [-0.2, 0) is 0 Å². The van der Waals surface area contributed by atoms with Crippen LogP contribution in [0.5, 0.6) is 11.5 Å². The van der Waals surface area contributed by atoms with Crippen LogP contribution in [0.15, 0.2) is 18.2 Å². The molecule has 0 unspecified atom stereocenters. The Hall–Kier alpha value is -1.92. The number of benzene rings is 1. The summed E-state index contributed by atoms with van der Waals surface area (Å²) in [5, 5.41) is 10.6. The van der Waals surface area contributed by atoms with E-state index in [1.807, 2.05) is 0 Å². The van der Waals surface area contributed by atoms with E-state index >= 15 is 0 Å². The molecule has 0 aromatic heterocycles.